The summed E-state index contributed by atoms with van der Waals surface area (Å²) < 4.78 is 0. The highest BCUT2D eigenvalue weighted by atomic mass is 35.5. The van der Waals surface area contributed by atoms with Crippen LogP contribution in [0, 0.1) is 4.91 Å². The molecular weight excluding hydrogens is 345 g/mol. The third-order valence-electron chi connectivity index (χ3n) is 3.99. The van der Waals surface area contributed by atoms with E-state index in [-0.39, 0.29) is 24.8 Å². The second-order valence-corrected chi connectivity index (χ2v) is 5.36. The Kier molecular flexibility index (Phi) is 5.17. The molecule has 0 heterocycles. The monoisotopic (exact) mass is 357 g/mol. The van der Waals surface area contributed by atoms with Crippen LogP contribution in [0.3, 0.4) is 0 Å². The lowest BCUT2D eigenvalue weighted by atomic mass is 9.98. The van der Waals surface area contributed by atoms with Crippen LogP contribution in [0.2, 0.25) is 0 Å². The van der Waals surface area contributed by atoms with Crippen LogP contribution in [0.15, 0.2) is 71.9 Å². The van der Waals surface area contributed by atoms with Gasteiger partial charge in [0, 0.05) is 10.7 Å². The SMILES string of the molecule is Cl.Cl.O=NC(=O)c1ccc2cc3cc4ccccc4cc3cc2c1. The van der Waals surface area contributed by atoms with Crippen molar-refractivity contribution in [2.75, 3.05) is 0 Å². The summed E-state index contributed by atoms with van der Waals surface area (Å²) in [6.45, 7) is 0. The van der Waals surface area contributed by atoms with Crippen molar-refractivity contribution >= 4 is 63.0 Å². The number of amides is 1. The smallest absolute Gasteiger partial charge is 0.263 e. The van der Waals surface area contributed by atoms with E-state index in [1.54, 1.807) is 12.1 Å². The van der Waals surface area contributed by atoms with Crippen LogP contribution in [0.5, 0.6) is 0 Å². The summed E-state index contributed by atoms with van der Waals surface area (Å²) in [6, 6.07) is 21.9. The average Bonchev–Trinajstić information content (AvgIpc) is 2.56. The molecule has 3 nitrogen and oxygen atoms in total. The minimum Gasteiger partial charge on any atom is -0.263 e. The van der Waals surface area contributed by atoms with Crippen LogP contribution >= 0.6 is 24.8 Å². The number of carbonyl (C=O) groups excluding carboxylic acids is 1. The van der Waals surface area contributed by atoms with E-state index in [2.05, 4.69) is 35.5 Å². The van der Waals surface area contributed by atoms with Gasteiger partial charge in [-0.2, -0.15) is 0 Å². The maximum atomic E-state index is 11.4. The molecule has 0 saturated heterocycles. The van der Waals surface area contributed by atoms with Crippen LogP contribution in [-0.2, 0) is 0 Å². The highest BCUT2D eigenvalue weighted by Crippen LogP contribution is 2.28. The summed E-state index contributed by atoms with van der Waals surface area (Å²) in [5, 5.41) is 9.08. The lowest BCUT2D eigenvalue weighted by Gasteiger charge is -2.06. The Labute approximate surface area is 150 Å². The average molecular weight is 358 g/mol. The molecule has 0 aliphatic carbocycles. The molecule has 0 aromatic heterocycles. The lowest BCUT2D eigenvalue weighted by molar-refractivity contribution is 0.100. The molecule has 1 amide bonds. The fourth-order valence-electron chi connectivity index (χ4n) is 2.88. The van der Waals surface area contributed by atoms with Gasteiger partial charge in [-0.15, -0.1) is 29.7 Å². The van der Waals surface area contributed by atoms with Crippen LogP contribution in [0.4, 0.5) is 0 Å². The maximum Gasteiger partial charge on any atom is 0.316 e. The van der Waals surface area contributed by atoms with Gasteiger partial charge in [0.2, 0.25) is 0 Å². The Morgan fingerprint density at radius 1 is 0.625 bits per heavy atom. The van der Waals surface area contributed by atoms with Gasteiger partial charge in [-0.3, -0.25) is 4.79 Å². The molecule has 4 rings (SSSR count). The Bertz CT molecular complexity index is 1080. The van der Waals surface area contributed by atoms with Gasteiger partial charge in [0.25, 0.3) is 0 Å². The van der Waals surface area contributed by atoms with Gasteiger partial charge in [0.1, 0.15) is 0 Å². The van der Waals surface area contributed by atoms with Crippen molar-refractivity contribution in [3.8, 4) is 0 Å². The third kappa shape index (κ3) is 2.96. The predicted molar refractivity (Wildman–Crippen MR) is 104 cm³/mol. The standard InChI is InChI=1S/C19H11NO2.2ClH/c21-19(20-22)15-6-5-14-9-17-7-12-3-1-2-4-13(12)8-18(17)11-16(14)10-15;;/h1-11H;2*1H. The second kappa shape index (κ2) is 6.95. The quantitative estimate of drug-likeness (QED) is 0.314. The molecule has 0 aliphatic heterocycles. The fourth-order valence-corrected chi connectivity index (χ4v) is 2.88. The summed E-state index contributed by atoms with van der Waals surface area (Å²) in [5.41, 5.74) is 0.322. The number of hydrogen-bond acceptors (Lipinski definition) is 2. The Balaban J connectivity index is 0.00000104. The van der Waals surface area contributed by atoms with Gasteiger partial charge >= 0.3 is 5.91 Å². The van der Waals surface area contributed by atoms with Crippen molar-refractivity contribution in [3.63, 3.8) is 0 Å². The lowest BCUT2D eigenvalue weighted by Crippen LogP contribution is -1.92. The third-order valence-corrected chi connectivity index (χ3v) is 3.99. The molecule has 0 fully saturated rings. The topological polar surface area (TPSA) is 46.5 Å². The molecule has 0 spiro atoms. The summed E-state index contributed by atoms with van der Waals surface area (Å²) in [5.74, 6) is -0.736. The molecule has 0 aliphatic rings. The number of halogens is 2. The molecule has 4 aromatic carbocycles. The van der Waals surface area contributed by atoms with E-state index in [1.165, 1.54) is 10.8 Å². The zero-order valence-electron chi connectivity index (χ0n) is 12.4. The summed E-state index contributed by atoms with van der Waals surface area (Å²) in [4.78, 5) is 21.8. The van der Waals surface area contributed by atoms with Crippen LogP contribution < -0.4 is 0 Å². The van der Waals surface area contributed by atoms with Crippen LogP contribution in [0.25, 0.3) is 32.3 Å². The van der Waals surface area contributed by atoms with E-state index in [4.69, 9.17) is 0 Å². The van der Waals surface area contributed by atoms with Crippen molar-refractivity contribution in [2.45, 2.75) is 0 Å². The van der Waals surface area contributed by atoms with E-state index in [0.717, 1.165) is 21.5 Å². The molecule has 120 valence electrons. The highest BCUT2D eigenvalue weighted by molar-refractivity contribution is 6.06. The van der Waals surface area contributed by atoms with E-state index >= 15 is 0 Å². The molecule has 4 aromatic rings. The van der Waals surface area contributed by atoms with Crippen molar-refractivity contribution < 1.29 is 4.79 Å². The van der Waals surface area contributed by atoms with Crippen molar-refractivity contribution in [1.82, 2.24) is 0 Å². The van der Waals surface area contributed by atoms with E-state index in [0.29, 0.717) is 5.56 Å². The number of nitroso groups, excluding NO2 is 1. The number of carbonyl (C=O) groups is 1. The zero-order valence-corrected chi connectivity index (χ0v) is 14.1. The number of benzene rings is 4. The number of rotatable bonds is 1. The van der Waals surface area contributed by atoms with E-state index in [1.807, 2.05) is 24.3 Å². The first-order chi connectivity index (χ1) is 10.7. The first kappa shape index (κ1) is 17.9. The molecule has 24 heavy (non-hydrogen) atoms. The number of nitrogens with zero attached hydrogens (tertiary/aromatic N) is 1. The molecule has 0 atom stereocenters. The van der Waals surface area contributed by atoms with E-state index in [9.17, 15) is 9.70 Å². The normalized spacial score (nSPS) is 10.2. The van der Waals surface area contributed by atoms with Crippen molar-refractivity contribution in [2.24, 2.45) is 5.18 Å². The van der Waals surface area contributed by atoms with Gasteiger partial charge < -0.3 is 0 Å². The summed E-state index contributed by atoms with van der Waals surface area (Å²) in [6.07, 6.45) is 0. The van der Waals surface area contributed by atoms with Crippen molar-refractivity contribution in [3.05, 3.63) is 77.2 Å². The van der Waals surface area contributed by atoms with Crippen LogP contribution in [0.1, 0.15) is 10.4 Å². The molecule has 0 N–H and O–H groups in total. The Hall–Kier alpha value is -2.49. The Morgan fingerprint density at radius 2 is 1.08 bits per heavy atom. The fraction of sp³-hybridized carbons (Fsp3) is 0. The van der Waals surface area contributed by atoms with Crippen molar-refractivity contribution in [1.29, 1.82) is 0 Å². The molecule has 0 unspecified atom stereocenters. The first-order valence-electron chi connectivity index (χ1n) is 6.99. The maximum absolute atomic E-state index is 11.4. The second-order valence-electron chi connectivity index (χ2n) is 5.36. The van der Waals surface area contributed by atoms with Gasteiger partial charge in [-0.05, 0) is 68.7 Å². The predicted octanol–water partition coefficient (Wildman–Crippen LogP) is 5.90. The number of hydrogen-bond donors (Lipinski definition) is 0. The molecule has 0 bridgehead atoms. The van der Waals surface area contributed by atoms with Gasteiger partial charge in [-0.25, -0.2) is 0 Å². The Morgan fingerprint density at radius 3 is 1.62 bits per heavy atom. The molecule has 0 saturated carbocycles. The molecule has 5 heteroatoms. The minimum atomic E-state index is -0.736. The zero-order chi connectivity index (χ0) is 15.1. The largest absolute Gasteiger partial charge is 0.316 e. The van der Waals surface area contributed by atoms with E-state index < -0.39 is 5.91 Å². The number of fused-ring (bicyclic) bond motifs is 3. The van der Waals surface area contributed by atoms with Gasteiger partial charge in [-0.1, -0.05) is 30.3 Å². The summed E-state index contributed by atoms with van der Waals surface area (Å²) in [7, 11) is 0. The minimum absolute atomic E-state index is 0. The molecular formula is C19H13Cl2NO2. The molecule has 0 radical (unpaired) electrons. The highest BCUT2D eigenvalue weighted by Gasteiger charge is 2.07. The van der Waals surface area contributed by atoms with Gasteiger partial charge in [0.15, 0.2) is 0 Å². The summed E-state index contributed by atoms with van der Waals surface area (Å²) >= 11 is 0. The van der Waals surface area contributed by atoms with Gasteiger partial charge in [0.05, 0.1) is 0 Å². The van der Waals surface area contributed by atoms with Crippen LogP contribution in [-0.4, -0.2) is 5.91 Å². The first-order valence-corrected chi connectivity index (χ1v) is 6.99.